The fourth-order valence-corrected chi connectivity index (χ4v) is 2.89. The van der Waals surface area contributed by atoms with Gasteiger partial charge in [0.25, 0.3) is 5.91 Å². The first-order valence-electron chi connectivity index (χ1n) is 8.87. The van der Waals surface area contributed by atoms with Gasteiger partial charge in [-0.2, -0.15) is 0 Å². The molecule has 0 heterocycles. The van der Waals surface area contributed by atoms with E-state index in [0.717, 1.165) is 5.56 Å². The molecule has 4 nitrogen and oxygen atoms in total. The van der Waals surface area contributed by atoms with Gasteiger partial charge in [-0.25, -0.2) is 0 Å². The van der Waals surface area contributed by atoms with Gasteiger partial charge in [-0.15, -0.1) is 0 Å². The Morgan fingerprint density at radius 2 is 1.57 bits per heavy atom. The van der Waals surface area contributed by atoms with E-state index in [9.17, 15) is 9.59 Å². The summed E-state index contributed by atoms with van der Waals surface area (Å²) in [5.74, 6) is 0.169. The van der Waals surface area contributed by atoms with Crippen LogP contribution in [0.25, 0.3) is 0 Å². The Bertz CT molecular complexity index is 981. The molecule has 0 spiro atoms. The first kappa shape index (κ1) is 19.6. The number of Topliss-reactive ketones (excluding diaryl/α,β-unsaturated/α-hetero) is 1. The molecule has 0 aliphatic carbocycles. The number of carbonyl (C=O) groups excluding carboxylic acids is 2. The number of hydrogen-bond acceptors (Lipinski definition) is 3. The highest BCUT2D eigenvalue weighted by Crippen LogP contribution is 2.21. The van der Waals surface area contributed by atoms with Crippen molar-refractivity contribution in [2.45, 2.75) is 20.0 Å². The number of ketones is 1. The fraction of sp³-hybridized carbons (Fsp3) is 0.130. The van der Waals surface area contributed by atoms with Gasteiger partial charge in [-0.1, -0.05) is 53.6 Å². The normalized spacial score (nSPS) is 11.5. The van der Waals surface area contributed by atoms with Gasteiger partial charge < -0.3 is 10.1 Å². The van der Waals surface area contributed by atoms with Crippen LogP contribution in [0, 0.1) is 6.92 Å². The van der Waals surface area contributed by atoms with E-state index in [1.54, 1.807) is 67.6 Å². The second-order valence-corrected chi connectivity index (χ2v) is 6.86. The summed E-state index contributed by atoms with van der Waals surface area (Å²) in [6.45, 7) is 3.69. The summed E-state index contributed by atoms with van der Waals surface area (Å²) in [7, 11) is 0. The highest BCUT2D eigenvalue weighted by Gasteiger charge is 2.17. The first-order valence-corrected chi connectivity index (χ1v) is 9.25. The minimum absolute atomic E-state index is 0.0869. The molecular weight excluding hydrogens is 374 g/mol. The van der Waals surface area contributed by atoms with Crippen molar-refractivity contribution in [3.05, 3.63) is 94.5 Å². The lowest BCUT2D eigenvalue weighted by Crippen LogP contribution is -2.23. The molecule has 0 fully saturated rings. The molecule has 0 saturated heterocycles. The lowest BCUT2D eigenvalue weighted by molar-refractivity contribution is 0.0818. The molecule has 3 aromatic carbocycles. The van der Waals surface area contributed by atoms with Crippen LogP contribution in [0.1, 0.15) is 33.2 Å². The van der Waals surface area contributed by atoms with Gasteiger partial charge in [0.05, 0.1) is 10.6 Å². The molecule has 28 heavy (non-hydrogen) atoms. The summed E-state index contributed by atoms with van der Waals surface area (Å²) in [5, 5.41) is 3.18. The van der Waals surface area contributed by atoms with E-state index in [4.69, 9.17) is 16.3 Å². The summed E-state index contributed by atoms with van der Waals surface area (Å²) in [5.41, 5.74) is 2.72. The largest absolute Gasteiger partial charge is 0.483 e. The quantitative estimate of drug-likeness (QED) is 0.558. The zero-order chi connectivity index (χ0) is 20.1. The van der Waals surface area contributed by atoms with E-state index in [2.05, 4.69) is 5.32 Å². The monoisotopic (exact) mass is 393 g/mol. The molecule has 0 bridgehead atoms. The van der Waals surface area contributed by atoms with Gasteiger partial charge in [-0.05, 0) is 50.2 Å². The number of rotatable bonds is 6. The van der Waals surface area contributed by atoms with Crippen LogP contribution >= 0.6 is 11.6 Å². The SMILES string of the molecule is Cc1ccc(C(=O)C(C)Oc2ccc(NC(=O)c3ccccc3Cl)cc2)cc1. The van der Waals surface area contributed by atoms with E-state index in [1.165, 1.54) is 0 Å². The lowest BCUT2D eigenvalue weighted by Gasteiger charge is -2.14. The predicted molar refractivity (Wildman–Crippen MR) is 111 cm³/mol. The zero-order valence-corrected chi connectivity index (χ0v) is 16.4. The van der Waals surface area contributed by atoms with Gasteiger partial charge in [-0.3, -0.25) is 9.59 Å². The molecule has 142 valence electrons. The summed E-state index contributed by atoms with van der Waals surface area (Å²) >= 11 is 6.04. The Hall–Kier alpha value is -3.11. The number of aryl methyl sites for hydroxylation is 1. The molecule has 1 amide bonds. The second-order valence-electron chi connectivity index (χ2n) is 6.45. The van der Waals surface area contributed by atoms with Crippen LogP contribution in [0.5, 0.6) is 5.75 Å². The second kappa shape index (κ2) is 8.72. The summed E-state index contributed by atoms with van der Waals surface area (Å²) < 4.78 is 5.74. The van der Waals surface area contributed by atoms with Crippen LogP contribution in [0.3, 0.4) is 0 Å². The zero-order valence-electron chi connectivity index (χ0n) is 15.6. The molecule has 0 aliphatic heterocycles. The molecule has 0 radical (unpaired) electrons. The van der Waals surface area contributed by atoms with Crippen molar-refractivity contribution in [2.24, 2.45) is 0 Å². The third-order valence-corrected chi connectivity index (χ3v) is 4.58. The maximum absolute atomic E-state index is 12.5. The minimum Gasteiger partial charge on any atom is -0.483 e. The number of ether oxygens (including phenoxy) is 1. The Morgan fingerprint density at radius 3 is 2.21 bits per heavy atom. The van der Waals surface area contributed by atoms with Crippen molar-refractivity contribution >= 4 is 29.0 Å². The van der Waals surface area contributed by atoms with Gasteiger partial charge in [0.1, 0.15) is 5.75 Å². The molecule has 5 heteroatoms. The Labute approximate surface area is 169 Å². The number of benzene rings is 3. The molecule has 1 N–H and O–H groups in total. The van der Waals surface area contributed by atoms with E-state index in [1.807, 2.05) is 19.1 Å². The Balaban J connectivity index is 1.62. The van der Waals surface area contributed by atoms with Crippen molar-refractivity contribution in [2.75, 3.05) is 5.32 Å². The van der Waals surface area contributed by atoms with Gasteiger partial charge in [0.15, 0.2) is 6.10 Å². The number of nitrogens with one attached hydrogen (secondary N) is 1. The smallest absolute Gasteiger partial charge is 0.257 e. The summed E-state index contributed by atoms with van der Waals surface area (Å²) in [6.07, 6.45) is -0.619. The van der Waals surface area contributed by atoms with Crippen molar-refractivity contribution < 1.29 is 14.3 Å². The van der Waals surface area contributed by atoms with Crippen LogP contribution in [0.2, 0.25) is 5.02 Å². The van der Waals surface area contributed by atoms with Crippen LogP contribution in [0.15, 0.2) is 72.8 Å². The van der Waals surface area contributed by atoms with E-state index < -0.39 is 6.10 Å². The number of carbonyl (C=O) groups is 2. The fourth-order valence-electron chi connectivity index (χ4n) is 2.67. The molecule has 1 atom stereocenters. The van der Waals surface area contributed by atoms with Gasteiger partial charge in [0.2, 0.25) is 5.78 Å². The van der Waals surface area contributed by atoms with Gasteiger partial charge in [0, 0.05) is 11.3 Å². The summed E-state index contributed by atoms with van der Waals surface area (Å²) in [4.78, 5) is 24.8. The molecule has 0 aromatic heterocycles. The predicted octanol–water partition coefficient (Wildman–Crippen LogP) is 5.55. The number of anilines is 1. The van der Waals surface area contributed by atoms with Crippen molar-refractivity contribution in [3.63, 3.8) is 0 Å². The highest BCUT2D eigenvalue weighted by molar-refractivity contribution is 6.34. The molecule has 1 unspecified atom stereocenters. The molecule has 0 saturated carbocycles. The number of amides is 1. The van der Waals surface area contributed by atoms with Crippen molar-refractivity contribution in [1.82, 2.24) is 0 Å². The molecule has 3 rings (SSSR count). The lowest BCUT2D eigenvalue weighted by atomic mass is 10.1. The standard InChI is InChI=1S/C23H20ClNO3/c1-15-7-9-17(10-8-15)22(26)16(2)28-19-13-11-18(12-14-19)25-23(27)20-5-3-4-6-21(20)24/h3-14,16H,1-2H3,(H,25,27). The Morgan fingerprint density at radius 1 is 0.929 bits per heavy atom. The molecule has 0 aliphatic rings. The minimum atomic E-state index is -0.619. The van der Waals surface area contributed by atoms with Crippen molar-refractivity contribution in [3.8, 4) is 5.75 Å². The van der Waals surface area contributed by atoms with E-state index >= 15 is 0 Å². The van der Waals surface area contributed by atoms with Crippen LogP contribution < -0.4 is 10.1 Å². The Kier molecular flexibility index (Phi) is 6.12. The maximum Gasteiger partial charge on any atom is 0.257 e. The van der Waals surface area contributed by atoms with Crippen LogP contribution in [-0.4, -0.2) is 17.8 Å². The third kappa shape index (κ3) is 4.78. The highest BCUT2D eigenvalue weighted by atomic mass is 35.5. The van der Waals surface area contributed by atoms with Crippen LogP contribution in [-0.2, 0) is 0 Å². The topological polar surface area (TPSA) is 55.4 Å². The average Bonchev–Trinajstić information content (AvgIpc) is 2.69. The van der Waals surface area contributed by atoms with Crippen LogP contribution in [0.4, 0.5) is 5.69 Å². The van der Waals surface area contributed by atoms with E-state index in [-0.39, 0.29) is 11.7 Å². The summed E-state index contributed by atoms with van der Waals surface area (Å²) in [6, 6.07) is 21.1. The molecule has 3 aromatic rings. The van der Waals surface area contributed by atoms with Crippen molar-refractivity contribution in [1.29, 1.82) is 0 Å². The first-order chi connectivity index (χ1) is 13.4. The number of halogens is 1. The third-order valence-electron chi connectivity index (χ3n) is 4.25. The van der Waals surface area contributed by atoms with E-state index in [0.29, 0.717) is 27.6 Å². The molecular formula is C23H20ClNO3. The van der Waals surface area contributed by atoms with Gasteiger partial charge >= 0.3 is 0 Å². The average molecular weight is 394 g/mol. The number of hydrogen-bond donors (Lipinski definition) is 1. The maximum atomic E-state index is 12.5.